The predicted molar refractivity (Wildman–Crippen MR) is 114 cm³/mol. The lowest BCUT2D eigenvalue weighted by Gasteiger charge is -2.13. The Bertz CT molecular complexity index is 1120. The zero-order valence-electron chi connectivity index (χ0n) is 16.6. The van der Waals surface area contributed by atoms with Crippen LogP contribution in [0.4, 0.5) is 0 Å². The van der Waals surface area contributed by atoms with Crippen LogP contribution in [0.2, 0.25) is 0 Å². The first kappa shape index (κ1) is 20.6. The van der Waals surface area contributed by atoms with Gasteiger partial charge < -0.3 is 5.32 Å². The Labute approximate surface area is 175 Å². The van der Waals surface area contributed by atoms with Crippen molar-refractivity contribution in [2.45, 2.75) is 25.9 Å². The molecule has 1 aromatic heterocycles. The summed E-state index contributed by atoms with van der Waals surface area (Å²) in [6, 6.07) is 23.0. The van der Waals surface area contributed by atoms with Crippen molar-refractivity contribution in [3.8, 4) is 23.4 Å². The first-order valence-corrected chi connectivity index (χ1v) is 9.60. The van der Waals surface area contributed by atoms with Crippen molar-refractivity contribution >= 4 is 12.0 Å². The number of amides is 1. The molecule has 0 unspecified atom stereocenters. The fourth-order valence-electron chi connectivity index (χ4n) is 3.05. The van der Waals surface area contributed by atoms with Crippen molar-refractivity contribution in [2.75, 3.05) is 0 Å². The molecule has 6 heteroatoms. The lowest BCUT2D eigenvalue weighted by atomic mass is 10.1. The van der Waals surface area contributed by atoms with Gasteiger partial charge in [0.2, 0.25) is 0 Å². The van der Waals surface area contributed by atoms with E-state index in [2.05, 4.69) is 16.5 Å². The third kappa shape index (κ3) is 5.01. The molecule has 1 amide bonds. The van der Waals surface area contributed by atoms with Crippen LogP contribution in [0.3, 0.4) is 0 Å². The van der Waals surface area contributed by atoms with E-state index < -0.39 is 5.91 Å². The van der Waals surface area contributed by atoms with E-state index in [1.54, 1.807) is 17.0 Å². The van der Waals surface area contributed by atoms with E-state index in [1.807, 2.05) is 73.7 Å². The van der Waals surface area contributed by atoms with Gasteiger partial charge in [0.25, 0.3) is 5.91 Å². The van der Waals surface area contributed by atoms with Gasteiger partial charge in [-0.05, 0) is 18.6 Å². The molecule has 148 valence electrons. The smallest absolute Gasteiger partial charge is 0.262 e. The lowest BCUT2D eigenvalue weighted by Crippen LogP contribution is -2.27. The van der Waals surface area contributed by atoms with Crippen LogP contribution >= 0.6 is 0 Å². The number of aryl methyl sites for hydroxylation is 1. The third-order valence-corrected chi connectivity index (χ3v) is 4.60. The van der Waals surface area contributed by atoms with Crippen LogP contribution in [-0.4, -0.2) is 15.7 Å². The number of carbonyl (C=O) groups is 1. The Kier molecular flexibility index (Phi) is 6.76. The fraction of sp³-hybridized carbons (Fsp3) is 0.167. The van der Waals surface area contributed by atoms with E-state index in [9.17, 15) is 10.1 Å². The van der Waals surface area contributed by atoms with Crippen LogP contribution in [-0.2, 0) is 11.3 Å². The fourth-order valence-corrected chi connectivity index (χ4v) is 3.05. The van der Waals surface area contributed by atoms with E-state index in [1.165, 1.54) is 0 Å². The molecular weight excluding hydrogens is 374 g/mol. The zero-order chi connectivity index (χ0) is 21.3. The second-order valence-corrected chi connectivity index (χ2v) is 6.75. The molecule has 6 nitrogen and oxygen atoms in total. The van der Waals surface area contributed by atoms with Gasteiger partial charge in [-0.15, -0.1) is 0 Å². The topological polar surface area (TPSA) is 94.5 Å². The number of rotatable bonds is 7. The highest BCUT2D eigenvalue weighted by Gasteiger charge is 2.16. The van der Waals surface area contributed by atoms with Crippen LogP contribution in [0.25, 0.3) is 17.3 Å². The maximum atomic E-state index is 12.7. The Morgan fingerprint density at radius 3 is 2.43 bits per heavy atom. The van der Waals surface area contributed by atoms with E-state index in [-0.39, 0.29) is 11.6 Å². The maximum Gasteiger partial charge on any atom is 0.262 e. The van der Waals surface area contributed by atoms with Gasteiger partial charge in [-0.1, -0.05) is 60.7 Å². The quantitative estimate of drug-likeness (QED) is 0.478. The van der Waals surface area contributed by atoms with Gasteiger partial charge in [-0.3, -0.25) is 9.48 Å². The summed E-state index contributed by atoms with van der Waals surface area (Å²) < 4.78 is 1.66. The largest absolute Gasteiger partial charge is 0.345 e. The molecule has 0 spiro atoms. The van der Waals surface area contributed by atoms with Gasteiger partial charge >= 0.3 is 0 Å². The van der Waals surface area contributed by atoms with E-state index >= 15 is 0 Å². The Balaban J connectivity index is 1.90. The summed E-state index contributed by atoms with van der Waals surface area (Å²) in [6.07, 6.45) is 3.62. The molecule has 0 aliphatic rings. The van der Waals surface area contributed by atoms with E-state index in [0.29, 0.717) is 24.2 Å². The third-order valence-electron chi connectivity index (χ3n) is 4.60. The molecule has 0 aliphatic carbocycles. The highest BCUT2D eigenvalue weighted by molar-refractivity contribution is 6.02. The molecular formula is C24H21N5O. The van der Waals surface area contributed by atoms with Gasteiger partial charge in [-0.2, -0.15) is 15.6 Å². The summed E-state index contributed by atoms with van der Waals surface area (Å²) in [5.74, 6) is -0.447. The Morgan fingerprint density at radius 1 is 1.13 bits per heavy atom. The molecule has 1 N–H and O–H groups in total. The molecule has 1 atom stereocenters. The number of carbonyl (C=O) groups excluding carboxylic acids is 1. The summed E-state index contributed by atoms with van der Waals surface area (Å²) in [7, 11) is 0. The van der Waals surface area contributed by atoms with Crippen molar-refractivity contribution in [3.63, 3.8) is 0 Å². The summed E-state index contributed by atoms with van der Waals surface area (Å²) in [5.41, 5.74) is 3.13. The van der Waals surface area contributed by atoms with Crippen molar-refractivity contribution in [3.05, 3.63) is 83.6 Å². The summed E-state index contributed by atoms with van der Waals surface area (Å²) in [4.78, 5) is 12.7. The van der Waals surface area contributed by atoms with Crippen LogP contribution < -0.4 is 5.32 Å². The van der Waals surface area contributed by atoms with Gasteiger partial charge in [0.05, 0.1) is 30.8 Å². The SMILES string of the molecule is C[C@@H](NC(=O)/C(C#N)=C/c1cn(CCC#N)nc1-c1ccccc1)c1ccccc1. The normalized spacial score (nSPS) is 11.9. The first-order chi connectivity index (χ1) is 14.6. The second-order valence-electron chi connectivity index (χ2n) is 6.75. The minimum Gasteiger partial charge on any atom is -0.345 e. The van der Waals surface area contributed by atoms with Gasteiger partial charge in [-0.25, -0.2) is 0 Å². The standard InChI is InChI=1S/C24H21N5O/c1-18(19-9-4-2-5-10-19)27-24(30)21(16-26)15-22-17-29(14-8-13-25)28-23(22)20-11-6-3-7-12-20/h2-7,9-12,15,17-18H,8,14H2,1H3,(H,27,30)/b21-15+/t18-/m1/s1. The van der Waals surface area contributed by atoms with Gasteiger partial charge in [0.15, 0.2) is 0 Å². The van der Waals surface area contributed by atoms with E-state index in [4.69, 9.17) is 5.26 Å². The summed E-state index contributed by atoms with van der Waals surface area (Å²) >= 11 is 0. The molecule has 0 radical (unpaired) electrons. The number of aromatic nitrogens is 2. The molecule has 0 bridgehead atoms. The second kappa shape index (κ2) is 9.86. The van der Waals surface area contributed by atoms with Crippen LogP contribution in [0.1, 0.15) is 30.5 Å². The Morgan fingerprint density at radius 2 is 1.80 bits per heavy atom. The number of nitriles is 2. The van der Waals surface area contributed by atoms with Crippen LogP contribution in [0, 0.1) is 22.7 Å². The average molecular weight is 395 g/mol. The van der Waals surface area contributed by atoms with E-state index in [0.717, 1.165) is 11.1 Å². The van der Waals surface area contributed by atoms with Gasteiger partial charge in [0.1, 0.15) is 11.6 Å². The van der Waals surface area contributed by atoms with Crippen molar-refractivity contribution in [1.29, 1.82) is 10.5 Å². The molecule has 30 heavy (non-hydrogen) atoms. The molecule has 0 aliphatic heterocycles. The molecule has 2 aromatic carbocycles. The molecule has 3 aromatic rings. The lowest BCUT2D eigenvalue weighted by molar-refractivity contribution is -0.117. The van der Waals surface area contributed by atoms with Crippen molar-refractivity contribution in [2.24, 2.45) is 0 Å². The number of hydrogen-bond donors (Lipinski definition) is 1. The number of hydrogen-bond acceptors (Lipinski definition) is 4. The van der Waals surface area contributed by atoms with Gasteiger partial charge in [0, 0.05) is 17.3 Å². The van der Waals surface area contributed by atoms with Crippen LogP contribution in [0.5, 0.6) is 0 Å². The highest BCUT2D eigenvalue weighted by Crippen LogP contribution is 2.24. The Hall–Kier alpha value is -4.16. The minimum atomic E-state index is -0.447. The predicted octanol–water partition coefficient (Wildman–Crippen LogP) is 4.25. The first-order valence-electron chi connectivity index (χ1n) is 9.60. The molecule has 0 saturated heterocycles. The molecule has 0 fully saturated rings. The minimum absolute atomic E-state index is 0.00482. The summed E-state index contributed by atoms with van der Waals surface area (Å²) in [6.45, 7) is 2.31. The number of benzene rings is 2. The molecule has 1 heterocycles. The number of nitrogens with one attached hydrogen (secondary N) is 1. The maximum absolute atomic E-state index is 12.7. The zero-order valence-corrected chi connectivity index (χ0v) is 16.6. The molecule has 3 rings (SSSR count). The monoisotopic (exact) mass is 395 g/mol. The highest BCUT2D eigenvalue weighted by atomic mass is 16.1. The average Bonchev–Trinajstić information content (AvgIpc) is 3.19. The number of nitrogens with zero attached hydrogens (tertiary/aromatic N) is 4. The molecule has 0 saturated carbocycles. The van der Waals surface area contributed by atoms with Crippen LogP contribution in [0.15, 0.2) is 72.4 Å². The van der Waals surface area contributed by atoms with Crippen molar-refractivity contribution in [1.82, 2.24) is 15.1 Å². The summed E-state index contributed by atoms with van der Waals surface area (Å²) in [5, 5.41) is 25.9. The van der Waals surface area contributed by atoms with Crippen molar-refractivity contribution < 1.29 is 4.79 Å².